The maximum absolute atomic E-state index is 12.4. The summed E-state index contributed by atoms with van der Waals surface area (Å²) in [5.74, 6) is -1.06. The number of hydrogen-bond acceptors (Lipinski definition) is 8. The molecule has 2 rings (SSSR count). The van der Waals surface area contributed by atoms with Crippen LogP contribution in [0.3, 0.4) is 0 Å². The maximum Gasteiger partial charge on any atom is 0.339 e. The molecule has 10 nitrogen and oxygen atoms in total. The van der Waals surface area contributed by atoms with Gasteiger partial charge in [0.15, 0.2) is 11.5 Å². The number of carbonyl (C=O) groups is 1. The van der Waals surface area contributed by atoms with E-state index in [4.69, 9.17) is 19.9 Å². The second-order valence-corrected chi connectivity index (χ2v) is 6.78. The molecule has 0 spiro atoms. The highest BCUT2D eigenvalue weighted by molar-refractivity contribution is 7.87. The monoisotopic (exact) mass is 403 g/mol. The van der Waals surface area contributed by atoms with Crippen LogP contribution < -0.4 is 14.7 Å². The summed E-state index contributed by atoms with van der Waals surface area (Å²) in [6.07, 6.45) is 1.21. The number of primary amides is 1. The number of nitro groups is 1. The van der Waals surface area contributed by atoms with E-state index in [1.807, 2.05) is 0 Å². The SMILES string of the molecule is COc1cc(/C=C(\C#N)C(N)=O)ccc1OS(=O)(=O)c1ccc([N+](=O)[O-])cc1. The van der Waals surface area contributed by atoms with Crippen molar-refractivity contribution in [1.82, 2.24) is 0 Å². The lowest BCUT2D eigenvalue weighted by atomic mass is 10.1. The van der Waals surface area contributed by atoms with Crippen LogP contribution in [0.4, 0.5) is 5.69 Å². The van der Waals surface area contributed by atoms with Gasteiger partial charge < -0.3 is 14.7 Å². The van der Waals surface area contributed by atoms with Crippen molar-refractivity contribution < 1.29 is 27.1 Å². The molecular formula is C17H13N3O7S. The molecule has 0 saturated carbocycles. The van der Waals surface area contributed by atoms with Crippen LogP contribution in [0.5, 0.6) is 11.5 Å². The Morgan fingerprint density at radius 2 is 1.86 bits per heavy atom. The number of ether oxygens (including phenoxy) is 1. The normalized spacial score (nSPS) is 11.4. The van der Waals surface area contributed by atoms with E-state index in [0.29, 0.717) is 5.56 Å². The number of rotatable bonds is 7. The highest BCUT2D eigenvalue weighted by Crippen LogP contribution is 2.31. The van der Waals surface area contributed by atoms with Gasteiger partial charge in [0.05, 0.1) is 12.0 Å². The number of methoxy groups -OCH3 is 1. The highest BCUT2D eigenvalue weighted by Gasteiger charge is 2.20. The lowest BCUT2D eigenvalue weighted by Gasteiger charge is -2.11. The summed E-state index contributed by atoms with van der Waals surface area (Å²) in [6, 6.07) is 9.82. The number of nitrogens with two attached hydrogens (primary N) is 1. The first kappa shape index (κ1) is 20.4. The molecule has 1 amide bonds. The van der Waals surface area contributed by atoms with Crippen molar-refractivity contribution in [3.63, 3.8) is 0 Å². The fourth-order valence-electron chi connectivity index (χ4n) is 2.07. The number of benzene rings is 2. The van der Waals surface area contributed by atoms with Crippen molar-refractivity contribution in [1.29, 1.82) is 5.26 Å². The number of hydrogen-bond donors (Lipinski definition) is 1. The molecule has 0 fully saturated rings. The van der Waals surface area contributed by atoms with Crippen LogP contribution in [-0.4, -0.2) is 26.4 Å². The fourth-order valence-corrected chi connectivity index (χ4v) is 3.01. The zero-order chi connectivity index (χ0) is 20.9. The molecule has 144 valence electrons. The van der Waals surface area contributed by atoms with E-state index >= 15 is 0 Å². The summed E-state index contributed by atoms with van der Waals surface area (Å²) in [7, 11) is -3.02. The van der Waals surface area contributed by atoms with Crippen LogP contribution in [-0.2, 0) is 14.9 Å². The minimum atomic E-state index is -4.29. The van der Waals surface area contributed by atoms with Gasteiger partial charge in [0.25, 0.3) is 11.6 Å². The van der Waals surface area contributed by atoms with Crippen LogP contribution in [0.1, 0.15) is 5.56 Å². The molecule has 0 heterocycles. The van der Waals surface area contributed by atoms with E-state index in [0.717, 1.165) is 24.3 Å². The van der Waals surface area contributed by atoms with Gasteiger partial charge in [0, 0.05) is 12.1 Å². The van der Waals surface area contributed by atoms with E-state index in [1.54, 1.807) is 6.07 Å². The van der Waals surface area contributed by atoms with Crippen molar-refractivity contribution in [3.8, 4) is 17.6 Å². The van der Waals surface area contributed by atoms with Gasteiger partial charge in [-0.2, -0.15) is 13.7 Å². The molecule has 11 heteroatoms. The topological polar surface area (TPSA) is 163 Å². The number of carbonyl (C=O) groups excluding carboxylic acids is 1. The first-order valence-electron chi connectivity index (χ1n) is 7.46. The number of non-ortho nitro benzene ring substituents is 1. The van der Waals surface area contributed by atoms with Crippen LogP contribution in [0, 0.1) is 21.4 Å². The molecule has 28 heavy (non-hydrogen) atoms. The smallest absolute Gasteiger partial charge is 0.339 e. The predicted molar refractivity (Wildman–Crippen MR) is 96.7 cm³/mol. The van der Waals surface area contributed by atoms with Gasteiger partial charge in [0.2, 0.25) is 0 Å². The Balaban J connectivity index is 2.36. The molecule has 0 radical (unpaired) electrons. The van der Waals surface area contributed by atoms with Gasteiger partial charge in [-0.15, -0.1) is 0 Å². The molecule has 0 aliphatic carbocycles. The summed E-state index contributed by atoms with van der Waals surface area (Å²) in [5.41, 5.74) is 4.85. The van der Waals surface area contributed by atoms with Crippen LogP contribution in [0.15, 0.2) is 52.9 Å². The van der Waals surface area contributed by atoms with Gasteiger partial charge in [-0.3, -0.25) is 14.9 Å². The number of amides is 1. The molecule has 0 unspecified atom stereocenters. The third-order valence-corrected chi connectivity index (χ3v) is 4.67. The van der Waals surface area contributed by atoms with Gasteiger partial charge in [0.1, 0.15) is 16.5 Å². The highest BCUT2D eigenvalue weighted by atomic mass is 32.2. The Morgan fingerprint density at radius 3 is 2.36 bits per heavy atom. The standard InChI is InChI=1S/C17H13N3O7S/c1-26-16-9-11(8-12(10-18)17(19)21)2-7-15(16)27-28(24,25)14-5-3-13(4-6-14)20(22)23/h2-9H,1H3,(H2,19,21)/b12-8+. The zero-order valence-corrected chi connectivity index (χ0v) is 15.2. The summed E-state index contributed by atoms with van der Waals surface area (Å²) in [6.45, 7) is 0. The number of nitrogens with zero attached hydrogens (tertiary/aromatic N) is 2. The van der Waals surface area contributed by atoms with Crippen molar-refractivity contribution in [2.45, 2.75) is 4.90 Å². The summed E-state index contributed by atoms with van der Waals surface area (Å²) < 4.78 is 34.9. The Labute approximate surface area is 159 Å². The van der Waals surface area contributed by atoms with E-state index in [1.165, 1.54) is 31.4 Å². The van der Waals surface area contributed by atoms with E-state index < -0.39 is 20.9 Å². The van der Waals surface area contributed by atoms with Crippen LogP contribution in [0.2, 0.25) is 0 Å². The second-order valence-electron chi connectivity index (χ2n) is 5.23. The minimum absolute atomic E-state index is 0.0148. The zero-order valence-electron chi connectivity index (χ0n) is 14.4. The summed E-state index contributed by atoms with van der Waals surface area (Å²) in [4.78, 5) is 20.8. The lowest BCUT2D eigenvalue weighted by Crippen LogP contribution is -2.12. The maximum atomic E-state index is 12.4. The first-order valence-corrected chi connectivity index (χ1v) is 8.87. The third kappa shape index (κ3) is 4.63. The van der Waals surface area contributed by atoms with Crippen molar-refractivity contribution in [3.05, 3.63) is 63.7 Å². The Morgan fingerprint density at radius 1 is 1.21 bits per heavy atom. The molecular weight excluding hydrogens is 390 g/mol. The molecule has 0 aromatic heterocycles. The van der Waals surface area contributed by atoms with E-state index in [9.17, 15) is 23.3 Å². The molecule has 0 atom stereocenters. The Bertz CT molecular complexity index is 1100. The lowest BCUT2D eigenvalue weighted by molar-refractivity contribution is -0.384. The summed E-state index contributed by atoms with van der Waals surface area (Å²) >= 11 is 0. The molecule has 2 N–H and O–H groups in total. The number of nitro benzene ring substituents is 1. The molecule has 0 bridgehead atoms. The van der Waals surface area contributed by atoms with Crippen molar-refractivity contribution >= 4 is 27.8 Å². The molecule has 2 aromatic rings. The molecule has 0 aliphatic rings. The minimum Gasteiger partial charge on any atom is -0.493 e. The molecule has 2 aromatic carbocycles. The van der Waals surface area contributed by atoms with Crippen LogP contribution in [0.25, 0.3) is 6.08 Å². The first-order chi connectivity index (χ1) is 13.2. The molecule has 0 aliphatic heterocycles. The Kier molecular flexibility index (Phi) is 5.97. The van der Waals surface area contributed by atoms with Gasteiger partial charge >= 0.3 is 10.1 Å². The quantitative estimate of drug-likeness (QED) is 0.240. The second kappa shape index (κ2) is 8.19. The summed E-state index contributed by atoms with van der Waals surface area (Å²) in [5, 5.41) is 19.5. The predicted octanol–water partition coefficient (Wildman–Crippen LogP) is 1.76. The number of nitriles is 1. The Hall–Kier alpha value is -3.91. The average Bonchev–Trinajstić information content (AvgIpc) is 2.66. The van der Waals surface area contributed by atoms with Crippen molar-refractivity contribution in [2.24, 2.45) is 5.73 Å². The van der Waals surface area contributed by atoms with Crippen molar-refractivity contribution in [2.75, 3.05) is 7.11 Å². The van der Waals surface area contributed by atoms with Gasteiger partial charge in [-0.25, -0.2) is 0 Å². The van der Waals surface area contributed by atoms with E-state index in [2.05, 4.69) is 0 Å². The van der Waals surface area contributed by atoms with E-state index in [-0.39, 0.29) is 27.7 Å². The van der Waals surface area contributed by atoms with Gasteiger partial charge in [-0.1, -0.05) is 6.07 Å². The van der Waals surface area contributed by atoms with Crippen LogP contribution >= 0.6 is 0 Å². The third-order valence-electron chi connectivity index (χ3n) is 3.42. The van der Waals surface area contributed by atoms with Gasteiger partial charge in [-0.05, 0) is 35.9 Å². The largest absolute Gasteiger partial charge is 0.493 e. The fraction of sp³-hybridized carbons (Fsp3) is 0.0588. The molecule has 0 saturated heterocycles. The average molecular weight is 403 g/mol.